The Morgan fingerprint density at radius 3 is 2.58 bits per heavy atom. The van der Waals surface area contributed by atoms with Crippen molar-refractivity contribution in [2.24, 2.45) is 4.99 Å². The molecule has 2 aromatic carbocycles. The number of carbonyl (C=O) groups excluding carboxylic acids is 1. The Kier molecular flexibility index (Phi) is 6.38. The average Bonchev–Trinajstić information content (AvgIpc) is 2.96. The van der Waals surface area contributed by atoms with E-state index in [1.165, 1.54) is 30.2 Å². The molecule has 0 saturated carbocycles. The topological polar surface area (TPSA) is 41.5 Å². The van der Waals surface area contributed by atoms with Gasteiger partial charge < -0.3 is 5.32 Å². The fourth-order valence-electron chi connectivity index (χ4n) is 2.81. The largest absolute Gasteiger partial charge is 0.304 e. The summed E-state index contributed by atoms with van der Waals surface area (Å²) >= 11 is 7.67. The lowest BCUT2D eigenvalue weighted by atomic mass is 10.1. The van der Waals surface area contributed by atoms with Crippen LogP contribution in [0.2, 0.25) is 5.02 Å². The number of halogens is 1. The molecule has 3 rings (SSSR count). The van der Waals surface area contributed by atoms with Gasteiger partial charge in [-0.3, -0.25) is 4.79 Å². The van der Waals surface area contributed by atoms with Gasteiger partial charge in [-0.05, 0) is 61.1 Å². The van der Waals surface area contributed by atoms with E-state index in [1.54, 1.807) is 0 Å². The van der Waals surface area contributed by atoms with E-state index in [9.17, 15) is 4.79 Å². The van der Waals surface area contributed by atoms with Crippen LogP contribution in [-0.4, -0.2) is 16.3 Å². The molecule has 1 saturated heterocycles. The highest BCUT2D eigenvalue weighted by atomic mass is 35.5. The van der Waals surface area contributed by atoms with E-state index in [4.69, 9.17) is 11.6 Å². The van der Waals surface area contributed by atoms with Crippen LogP contribution in [0.15, 0.2) is 47.5 Å². The second-order valence-corrected chi connectivity index (χ2v) is 8.17. The lowest BCUT2D eigenvalue weighted by Gasteiger charge is -2.07. The third-order valence-electron chi connectivity index (χ3n) is 4.42. The molecule has 0 radical (unpaired) electrons. The standard InChI is InChI=1S/C21H23ClN2OS/c1-3-4-5-15-8-10-17(11-9-15)23-21-24-20(25)19(26-21)13-16-7-6-14(2)18(22)12-16/h6-12,19H,3-5,13H2,1-2H3,(H,23,24,25). The first kappa shape index (κ1) is 19.0. The van der Waals surface area contributed by atoms with Crippen molar-refractivity contribution in [3.05, 3.63) is 64.2 Å². The van der Waals surface area contributed by atoms with Gasteiger partial charge in [0.1, 0.15) is 0 Å². The lowest BCUT2D eigenvalue weighted by molar-refractivity contribution is -0.118. The van der Waals surface area contributed by atoms with Gasteiger partial charge in [-0.25, -0.2) is 4.99 Å². The molecule has 0 aromatic heterocycles. The Balaban J connectivity index is 1.64. The van der Waals surface area contributed by atoms with E-state index in [-0.39, 0.29) is 11.2 Å². The number of amidine groups is 1. The summed E-state index contributed by atoms with van der Waals surface area (Å²) in [5.41, 5.74) is 4.30. The van der Waals surface area contributed by atoms with Gasteiger partial charge in [0, 0.05) is 5.02 Å². The zero-order valence-electron chi connectivity index (χ0n) is 15.1. The van der Waals surface area contributed by atoms with Crippen LogP contribution >= 0.6 is 23.4 Å². The van der Waals surface area contributed by atoms with Crippen LogP contribution in [0.1, 0.15) is 36.5 Å². The zero-order chi connectivity index (χ0) is 18.5. The molecule has 1 N–H and O–H groups in total. The van der Waals surface area contributed by atoms with Gasteiger partial charge in [0.2, 0.25) is 5.91 Å². The fraction of sp³-hybridized carbons (Fsp3) is 0.333. The molecule has 1 atom stereocenters. The van der Waals surface area contributed by atoms with Crippen LogP contribution in [0.4, 0.5) is 5.69 Å². The van der Waals surface area contributed by atoms with E-state index in [0.717, 1.165) is 28.3 Å². The molecule has 5 heteroatoms. The molecule has 0 aliphatic carbocycles. The van der Waals surface area contributed by atoms with Gasteiger partial charge in [0.15, 0.2) is 5.17 Å². The maximum absolute atomic E-state index is 12.3. The molecule has 1 unspecified atom stereocenters. The predicted molar refractivity (Wildman–Crippen MR) is 112 cm³/mol. The van der Waals surface area contributed by atoms with E-state index in [2.05, 4.69) is 29.4 Å². The molecule has 0 bridgehead atoms. The number of carbonyl (C=O) groups is 1. The smallest absolute Gasteiger partial charge is 0.239 e. The first-order chi connectivity index (χ1) is 12.5. The Bertz CT molecular complexity index is 817. The number of hydrogen-bond acceptors (Lipinski definition) is 3. The summed E-state index contributed by atoms with van der Waals surface area (Å²) in [6, 6.07) is 14.2. The van der Waals surface area contributed by atoms with Crippen molar-refractivity contribution in [1.82, 2.24) is 5.32 Å². The third-order valence-corrected chi connectivity index (χ3v) is 5.91. The van der Waals surface area contributed by atoms with Crippen LogP contribution in [0, 0.1) is 6.92 Å². The number of amides is 1. The quantitative estimate of drug-likeness (QED) is 0.716. The summed E-state index contributed by atoms with van der Waals surface area (Å²) < 4.78 is 0. The lowest BCUT2D eigenvalue weighted by Crippen LogP contribution is -2.25. The van der Waals surface area contributed by atoms with Gasteiger partial charge in [0.25, 0.3) is 0 Å². The Morgan fingerprint density at radius 2 is 1.88 bits per heavy atom. The van der Waals surface area contributed by atoms with Crippen molar-refractivity contribution in [1.29, 1.82) is 0 Å². The number of benzene rings is 2. The zero-order valence-corrected chi connectivity index (χ0v) is 16.7. The van der Waals surface area contributed by atoms with Gasteiger partial charge >= 0.3 is 0 Å². The number of nitrogens with zero attached hydrogens (tertiary/aromatic N) is 1. The van der Waals surface area contributed by atoms with Crippen LogP contribution in [0.5, 0.6) is 0 Å². The van der Waals surface area contributed by atoms with Crippen molar-refractivity contribution in [2.75, 3.05) is 0 Å². The minimum absolute atomic E-state index is 0.00464. The molecular weight excluding hydrogens is 364 g/mol. The maximum Gasteiger partial charge on any atom is 0.239 e. The molecule has 26 heavy (non-hydrogen) atoms. The van der Waals surface area contributed by atoms with Gasteiger partial charge in [-0.1, -0.05) is 61.0 Å². The predicted octanol–water partition coefficient (Wildman–Crippen LogP) is 5.45. The molecule has 2 aromatic rings. The van der Waals surface area contributed by atoms with Gasteiger partial charge in [0.05, 0.1) is 10.9 Å². The summed E-state index contributed by atoms with van der Waals surface area (Å²) in [7, 11) is 0. The molecular formula is C21H23ClN2OS. The molecule has 1 aliphatic heterocycles. The van der Waals surface area contributed by atoms with Crippen molar-refractivity contribution in [3.8, 4) is 0 Å². The fourth-order valence-corrected chi connectivity index (χ4v) is 4.04. The number of unbranched alkanes of at least 4 members (excludes halogenated alkanes) is 1. The number of rotatable bonds is 6. The third kappa shape index (κ3) is 4.89. The van der Waals surface area contributed by atoms with Gasteiger partial charge in [-0.2, -0.15) is 0 Å². The SMILES string of the molecule is CCCCc1ccc(N=C2NC(=O)C(Cc3ccc(C)c(Cl)c3)S2)cc1. The first-order valence-electron chi connectivity index (χ1n) is 8.95. The minimum Gasteiger partial charge on any atom is -0.304 e. The van der Waals surface area contributed by atoms with Crippen molar-refractivity contribution < 1.29 is 4.79 Å². The van der Waals surface area contributed by atoms with E-state index in [0.29, 0.717) is 11.6 Å². The second kappa shape index (κ2) is 8.74. The van der Waals surface area contributed by atoms with Crippen LogP contribution in [0.25, 0.3) is 0 Å². The van der Waals surface area contributed by atoms with E-state index < -0.39 is 0 Å². The highest BCUT2D eigenvalue weighted by Crippen LogP contribution is 2.27. The molecule has 1 heterocycles. The number of hydrogen-bond donors (Lipinski definition) is 1. The van der Waals surface area contributed by atoms with Crippen LogP contribution < -0.4 is 5.32 Å². The van der Waals surface area contributed by atoms with Crippen LogP contribution in [0.3, 0.4) is 0 Å². The Labute approximate surface area is 164 Å². The summed E-state index contributed by atoms with van der Waals surface area (Å²) in [6.45, 7) is 4.17. The summed E-state index contributed by atoms with van der Waals surface area (Å²) in [5.74, 6) is 0.00464. The Hall–Kier alpha value is -1.78. The molecule has 1 amide bonds. The van der Waals surface area contributed by atoms with E-state index in [1.807, 2.05) is 37.3 Å². The molecule has 1 fully saturated rings. The molecule has 0 spiro atoms. The minimum atomic E-state index is -0.170. The highest BCUT2D eigenvalue weighted by Gasteiger charge is 2.30. The van der Waals surface area contributed by atoms with Crippen molar-refractivity contribution in [3.63, 3.8) is 0 Å². The Morgan fingerprint density at radius 1 is 1.15 bits per heavy atom. The van der Waals surface area contributed by atoms with Crippen LogP contribution in [-0.2, 0) is 17.6 Å². The number of nitrogens with one attached hydrogen (secondary N) is 1. The van der Waals surface area contributed by atoms with Crippen molar-refractivity contribution >= 4 is 40.1 Å². The normalized spacial score (nSPS) is 18.3. The maximum atomic E-state index is 12.3. The molecule has 3 nitrogen and oxygen atoms in total. The van der Waals surface area contributed by atoms with Gasteiger partial charge in [-0.15, -0.1) is 0 Å². The number of aliphatic imine (C=N–C) groups is 1. The highest BCUT2D eigenvalue weighted by molar-refractivity contribution is 8.15. The average molecular weight is 387 g/mol. The van der Waals surface area contributed by atoms with E-state index >= 15 is 0 Å². The number of thioether (sulfide) groups is 1. The monoisotopic (exact) mass is 386 g/mol. The number of aryl methyl sites for hydroxylation is 2. The summed E-state index contributed by atoms with van der Waals surface area (Å²) in [4.78, 5) is 16.8. The molecule has 136 valence electrons. The second-order valence-electron chi connectivity index (χ2n) is 6.57. The van der Waals surface area contributed by atoms with Crippen molar-refractivity contribution in [2.45, 2.75) is 44.8 Å². The summed E-state index contributed by atoms with van der Waals surface area (Å²) in [5, 5.41) is 4.12. The summed E-state index contributed by atoms with van der Waals surface area (Å²) in [6.07, 6.45) is 4.14. The first-order valence-corrected chi connectivity index (χ1v) is 10.2. The molecule has 1 aliphatic rings.